The van der Waals surface area contributed by atoms with Gasteiger partial charge in [0.05, 0.1) is 0 Å². The molecule has 0 spiro atoms. The summed E-state index contributed by atoms with van der Waals surface area (Å²) in [6.07, 6.45) is 9.36. The van der Waals surface area contributed by atoms with E-state index in [-0.39, 0.29) is 5.54 Å². The summed E-state index contributed by atoms with van der Waals surface area (Å²) in [6, 6.07) is 0. The van der Waals surface area contributed by atoms with Crippen LogP contribution in [0.15, 0.2) is 54.4 Å². The first-order valence-electron chi connectivity index (χ1n) is 5.00. The van der Waals surface area contributed by atoms with Crippen molar-refractivity contribution in [2.75, 3.05) is 0 Å². The van der Waals surface area contributed by atoms with Gasteiger partial charge in [0.15, 0.2) is 0 Å². The van der Waals surface area contributed by atoms with Crippen molar-refractivity contribution in [1.82, 2.24) is 4.90 Å². The molecule has 0 aromatic carbocycles. The number of hydrogen-bond donors (Lipinski definition) is 0. The van der Waals surface area contributed by atoms with Gasteiger partial charge in [0.2, 0.25) is 0 Å². The van der Waals surface area contributed by atoms with Gasteiger partial charge in [-0.15, -0.1) is 0 Å². The molecule has 2 heteroatoms. The van der Waals surface area contributed by atoms with Crippen LogP contribution in [0.1, 0.15) is 20.8 Å². The molecule has 0 atom stereocenters. The SMILES string of the molecule is C=C/C=C1/C=CN(C(C)(C)C)C1=NC=C. The molecular weight excluding hydrogens is 184 g/mol. The van der Waals surface area contributed by atoms with Crippen molar-refractivity contribution in [3.05, 3.63) is 49.4 Å². The lowest BCUT2D eigenvalue weighted by atomic mass is 10.1. The quantitative estimate of drug-likeness (QED) is 0.671. The Hall–Kier alpha value is -1.57. The minimum absolute atomic E-state index is 0.0229. The maximum absolute atomic E-state index is 4.30. The summed E-state index contributed by atoms with van der Waals surface area (Å²) >= 11 is 0. The highest BCUT2D eigenvalue weighted by atomic mass is 15.2. The van der Waals surface area contributed by atoms with Crippen LogP contribution >= 0.6 is 0 Å². The van der Waals surface area contributed by atoms with E-state index >= 15 is 0 Å². The summed E-state index contributed by atoms with van der Waals surface area (Å²) in [4.78, 5) is 6.43. The fourth-order valence-corrected chi connectivity index (χ4v) is 1.46. The average molecular weight is 202 g/mol. The van der Waals surface area contributed by atoms with Crippen LogP contribution in [0.4, 0.5) is 0 Å². The summed E-state index contributed by atoms with van der Waals surface area (Å²) in [6.45, 7) is 13.8. The number of allylic oxidation sites excluding steroid dienone is 2. The van der Waals surface area contributed by atoms with Gasteiger partial charge in [-0.1, -0.05) is 25.3 Å². The molecule has 15 heavy (non-hydrogen) atoms. The Morgan fingerprint density at radius 1 is 1.33 bits per heavy atom. The van der Waals surface area contributed by atoms with Gasteiger partial charge in [0.1, 0.15) is 5.84 Å². The van der Waals surface area contributed by atoms with Gasteiger partial charge in [-0.2, -0.15) is 0 Å². The van der Waals surface area contributed by atoms with Crippen LogP contribution in [0.3, 0.4) is 0 Å². The molecule has 0 unspecified atom stereocenters. The third-order valence-electron chi connectivity index (χ3n) is 2.12. The highest BCUT2D eigenvalue weighted by Gasteiger charge is 2.27. The topological polar surface area (TPSA) is 15.6 Å². The molecular formula is C13H18N2. The van der Waals surface area contributed by atoms with Crippen molar-refractivity contribution >= 4 is 5.84 Å². The molecule has 0 bridgehead atoms. The third-order valence-corrected chi connectivity index (χ3v) is 2.12. The maximum Gasteiger partial charge on any atom is 0.140 e. The van der Waals surface area contributed by atoms with Crippen LogP contribution in [-0.2, 0) is 0 Å². The van der Waals surface area contributed by atoms with Crippen LogP contribution in [0.5, 0.6) is 0 Å². The lowest BCUT2D eigenvalue weighted by Gasteiger charge is -2.32. The second-order valence-corrected chi connectivity index (χ2v) is 4.35. The minimum Gasteiger partial charge on any atom is -0.327 e. The van der Waals surface area contributed by atoms with Crippen molar-refractivity contribution in [3.8, 4) is 0 Å². The van der Waals surface area contributed by atoms with Crippen LogP contribution in [-0.4, -0.2) is 16.3 Å². The normalized spacial score (nSPS) is 21.4. The molecule has 0 aliphatic carbocycles. The Kier molecular flexibility index (Phi) is 3.30. The minimum atomic E-state index is 0.0229. The summed E-state index contributed by atoms with van der Waals surface area (Å²) in [7, 11) is 0. The van der Waals surface area contributed by atoms with Crippen LogP contribution in [0.2, 0.25) is 0 Å². The van der Waals surface area contributed by atoms with Gasteiger partial charge in [0.25, 0.3) is 0 Å². The standard InChI is InChI=1S/C13H18N2/c1-6-8-11-9-10-15(13(3,4)5)12(11)14-7-2/h6-10H,1-2H2,3-5H3/b11-8-,14-12?. The van der Waals surface area contributed by atoms with Gasteiger partial charge < -0.3 is 4.90 Å². The summed E-state index contributed by atoms with van der Waals surface area (Å²) < 4.78 is 0. The predicted octanol–water partition coefficient (Wildman–Crippen LogP) is 3.27. The van der Waals surface area contributed by atoms with Crippen LogP contribution < -0.4 is 0 Å². The molecule has 1 aliphatic heterocycles. The first-order valence-corrected chi connectivity index (χ1v) is 5.00. The van der Waals surface area contributed by atoms with E-state index in [0.29, 0.717) is 0 Å². The van der Waals surface area contributed by atoms with Gasteiger partial charge in [-0.25, -0.2) is 4.99 Å². The zero-order valence-corrected chi connectivity index (χ0v) is 9.70. The summed E-state index contributed by atoms with van der Waals surface area (Å²) in [5.41, 5.74) is 1.09. The molecule has 2 nitrogen and oxygen atoms in total. The van der Waals surface area contributed by atoms with E-state index in [0.717, 1.165) is 11.4 Å². The number of amidine groups is 1. The van der Waals surface area contributed by atoms with Crippen molar-refractivity contribution in [1.29, 1.82) is 0 Å². The largest absolute Gasteiger partial charge is 0.327 e. The second-order valence-electron chi connectivity index (χ2n) is 4.35. The van der Waals surface area contributed by atoms with E-state index < -0.39 is 0 Å². The third kappa shape index (κ3) is 2.46. The fourth-order valence-electron chi connectivity index (χ4n) is 1.46. The Balaban J connectivity index is 3.11. The van der Waals surface area contributed by atoms with E-state index in [4.69, 9.17) is 0 Å². The maximum atomic E-state index is 4.30. The smallest absolute Gasteiger partial charge is 0.140 e. The Bertz CT molecular complexity index is 351. The fraction of sp³-hybridized carbons (Fsp3) is 0.308. The van der Waals surface area contributed by atoms with E-state index in [2.05, 4.69) is 43.8 Å². The number of nitrogens with zero attached hydrogens (tertiary/aromatic N) is 2. The monoisotopic (exact) mass is 202 g/mol. The lowest BCUT2D eigenvalue weighted by Crippen LogP contribution is -2.39. The molecule has 0 saturated carbocycles. The molecule has 1 aliphatic rings. The summed E-state index contributed by atoms with van der Waals surface area (Å²) in [5.74, 6) is 0.928. The van der Waals surface area contributed by atoms with E-state index in [1.807, 2.05) is 18.4 Å². The van der Waals surface area contributed by atoms with Gasteiger partial charge >= 0.3 is 0 Å². The molecule has 1 rings (SSSR count). The van der Waals surface area contributed by atoms with Gasteiger partial charge in [-0.3, -0.25) is 0 Å². The molecule has 0 saturated heterocycles. The highest BCUT2D eigenvalue weighted by Crippen LogP contribution is 2.24. The predicted molar refractivity (Wildman–Crippen MR) is 66.6 cm³/mol. The highest BCUT2D eigenvalue weighted by molar-refractivity contribution is 6.04. The second kappa shape index (κ2) is 4.30. The van der Waals surface area contributed by atoms with Gasteiger partial charge in [-0.05, 0) is 26.8 Å². The van der Waals surface area contributed by atoms with Gasteiger partial charge in [0, 0.05) is 23.5 Å². The number of aliphatic imine (C=N–C) groups is 1. The first kappa shape index (κ1) is 11.5. The van der Waals surface area contributed by atoms with E-state index in [9.17, 15) is 0 Å². The molecule has 80 valence electrons. The molecule has 0 aromatic heterocycles. The molecule has 0 amide bonds. The van der Waals surface area contributed by atoms with Crippen molar-refractivity contribution in [2.45, 2.75) is 26.3 Å². The van der Waals surface area contributed by atoms with Crippen LogP contribution in [0, 0.1) is 0 Å². The molecule has 0 radical (unpaired) electrons. The molecule has 1 heterocycles. The van der Waals surface area contributed by atoms with Crippen molar-refractivity contribution in [2.24, 2.45) is 4.99 Å². The molecule has 0 N–H and O–H groups in total. The first-order chi connectivity index (χ1) is 7.00. The molecule has 0 fully saturated rings. The molecule has 0 aromatic rings. The van der Waals surface area contributed by atoms with E-state index in [1.54, 1.807) is 12.3 Å². The summed E-state index contributed by atoms with van der Waals surface area (Å²) in [5, 5.41) is 0. The van der Waals surface area contributed by atoms with Crippen molar-refractivity contribution < 1.29 is 0 Å². The Labute approximate surface area is 92.0 Å². The lowest BCUT2D eigenvalue weighted by molar-refractivity contribution is 0.317. The number of rotatable bonds is 2. The average Bonchev–Trinajstić information content (AvgIpc) is 2.49. The Morgan fingerprint density at radius 2 is 2.00 bits per heavy atom. The van der Waals surface area contributed by atoms with Crippen LogP contribution in [0.25, 0.3) is 0 Å². The zero-order valence-electron chi connectivity index (χ0n) is 9.70. The van der Waals surface area contributed by atoms with E-state index in [1.165, 1.54) is 0 Å². The Morgan fingerprint density at radius 3 is 2.47 bits per heavy atom. The van der Waals surface area contributed by atoms with Crippen molar-refractivity contribution in [3.63, 3.8) is 0 Å². The number of hydrogen-bond acceptors (Lipinski definition) is 1. The zero-order chi connectivity index (χ0) is 11.5.